The van der Waals surface area contributed by atoms with Gasteiger partial charge in [0.25, 0.3) is 0 Å². The Balaban J connectivity index is 1.29. The molecule has 2 amide bonds. The molecule has 5 nitrogen and oxygen atoms in total. The van der Waals surface area contributed by atoms with Crippen molar-refractivity contribution in [3.05, 3.63) is 59.7 Å². The van der Waals surface area contributed by atoms with Crippen molar-refractivity contribution < 1.29 is 23.1 Å². The van der Waals surface area contributed by atoms with Crippen LogP contribution in [-0.4, -0.2) is 42.6 Å². The summed E-state index contributed by atoms with van der Waals surface area (Å²) in [4.78, 5) is 25.0. The second-order valence-corrected chi connectivity index (χ2v) is 7.22. The van der Waals surface area contributed by atoms with Crippen molar-refractivity contribution in [1.29, 1.82) is 0 Å². The van der Waals surface area contributed by atoms with E-state index in [1.54, 1.807) is 4.90 Å². The van der Waals surface area contributed by atoms with E-state index in [0.29, 0.717) is 43.7 Å². The number of hydrogen-bond donors (Lipinski definition) is 1. The van der Waals surface area contributed by atoms with Crippen molar-refractivity contribution in [2.75, 3.05) is 19.7 Å². The third-order valence-electron chi connectivity index (χ3n) is 5.30. The molecular weight excluding hydrogens is 366 g/mol. The van der Waals surface area contributed by atoms with E-state index in [-0.39, 0.29) is 17.9 Å². The van der Waals surface area contributed by atoms with Gasteiger partial charge in [-0.05, 0) is 29.7 Å². The molecule has 1 unspecified atom stereocenters. The molecule has 2 aromatic carbocycles. The zero-order valence-electron chi connectivity index (χ0n) is 15.2. The number of nitrogens with one attached hydrogen (secondary N) is 1. The van der Waals surface area contributed by atoms with E-state index in [1.807, 2.05) is 24.3 Å². The van der Waals surface area contributed by atoms with Crippen LogP contribution in [0.2, 0.25) is 0 Å². The van der Waals surface area contributed by atoms with Crippen molar-refractivity contribution in [3.8, 4) is 11.1 Å². The molecule has 1 N–H and O–H groups in total. The molecular formula is C21H20F2N2O3. The first-order valence-corrected chi connectivity index (χ1v) is 9.26. The van der Waals surface area contributed by atoms with E-state index in [9.17, 15) is 18.4 Å². The standard InChI is InChI=1S/C21H20F2N2O3/c22-16-5-7-18(19(23)9-16)14-3-1-13(2-4-14)15-10-25(11-15)20(26)8-6-17-12-28-21(27)24-17/h1-5,7,9,15,17H,6,8,10-12H2,(H,24,27). The van der Waals surface area contributed by atoms with E-state index in [1.165, 1.54) is 12.1 Å². The molecule has 0 radical (unpaired) electrons. The molecule has 2 aromatic rings. The average molecular weight is 386 g/mol. The van der Waals surface area contributed by atoms with Crippen LogP contribution in [0.25, 0.3) is 11.1 Å². The molecule has 4 rings (SSSR count). The Kier molecular flexibility index (Phi) is 4.98. The summed E-state index contributed by atoms with van der Waals surface area (Å²) < 4.78 is 31.8. The fourth-order valence-corrected chi connectivity index (χ4v) is 3.59. The molecule has 2 saturated heterocycles. The zero-order chi connectivity index (χ0) is 19.7. The van der Waals surface area contributed by atoms with Crippen molar-refractivity contribution in [3.63, 3.8) is 0 Å². The first-order chi connectivity index (χ1) is 13.5. The second kappa shape index (κ2) is 7.58. The fourth-order valence-electron chi connectivity index (χ4n) is 3.59. The predicted octanol–water partition coefficient (Wildman–Crippen LogP) is 3.45. The highest BCUT2D eigenvalue weighted by Crippen LogP contribution is 2.30. The van der Waals surface area contributed by atoms with Crippen molar-refractivity contribution in [2.45, 2.75) is 24.8 Å². The van der Waals surface area contributed by atoms with Gasteiger partial charge in [-0.1, -0.05) is 24.3 Å². The first-order valence-electron chi connectivity index (χ1n) is 9.26. The molecule has 0 bridgehead atoms. The van der Waals surface area contributed by atoms with Crippen molar-refractivity contribution >= 4 is 12.0 Å². The van der Waals surface area contributed by atoms with Gasteiger partial charge in [-0.25, -0.2) is 13.6 Å². The van der Waals surface area contributed by atoms with Crippen LogP contribution in [0.1, 0.15) is 24.3 Å². The molecule has 146 valence electrons. The van der Waals surface area contributed by atoms with Crippen LogP contribution in [0.15, 0.2) is 42.5 Å². The number of carbonyl (C=O) groups is 2. The van der Waals surface area contributed by atoms with Crippen molar-refractivity contribution in [2.24, 2.45) is 0 Å². The lowest BCUT2D eigenvalue weighted by molar-refractivity contribution is -0.135. The Bertz CT molecular complexity index is 895. The van der Waals surface area contributed by atoms with Gasteiger partial charge in [0.15, 0.2) is 0 Å². The highest BCUT2D eigenvalue weighted by Gasteiger charge is 2.32. The summed E-state index contributed by atoms with van der Waals surface area (Å²) in [5, 5.41) is 2.67. The summed E-state index contributed by atoms with van der Waals surface area (Å²) in [5.74, 6) is -0.857. The number of halogens is 2. The average Bonchev–Trinajstić information content (AvgIpc) is 3.05. The maximum absolute atomic E-state index is 13.9. The van der Waals surface area contributed by atoms with Crippen LogP contribution in [0.3, 0.4) is 0 Å². The summed E-state index contributed by atoms with van der Waals surface area (Å²) in [7, 11) is 0. The quantitative estimate of drug-likeness (QED) is 0.856. The van der Waals surface area contributed by atoms with Gasteiger partial charge in [0.1, 0.15) is 18.2 Å². The topological polar surface area (TPSA) is 58.6 Å². The Hall–Kier alpha value is -2.96. The summed E-state index contributed by atoms with van der Waals surface area (Å²) in [6.07, 6.45) is 0.526. The van der Waals surface area contributed by atoms with Gasteiger partial charge in [0, 0.05) is 37.1 Å². The van der Waals surface area contributed by atoms with Gasteiger partial charge in [0.05, 0.1) is 6.04 Å². The Morgan fingerprint density at radius 2 is 1.89 bits per heavy atom. The number of likely N-dealkylation sites (tertiary alicyclic amines) is 1. The number of rotatable bonds is 5. The number of carbonyl (C=O) groups excluding carboxylic acids is 2. The molecule has 2 heterocycles. The lowest BCUT2D eigenvalue weighted by atomic mass is 9.89. The molecule has 0 aromatic heterocycles. The van der Waals surface area contributed by atoms with Gasteiger partial charge < -0.3 is 15.0 Å². The lowest BCUT2D eigenvalue weighted by Crippen LogP contribution is -2.48. The number of cyclic esters (lactones) is 1. The summed E-state index contributed by atoms with van der Waals surface area (Å²) in [6.45, 7) is 1.61. The molecule has 2 fully saturated rings. The Morgan fingerprint density at radius 3 is 2.54 bits per heavy atom. The van der Waals surface area contributed by atoms with Gasteiger partial charge in [0.2, 0.25) is 5.91 Å². The summed E-state index contributed by atoms with van der Waals surface area (Å²) >= 11 is 0. The van der Waals surface area contributed by atoms with E-state index in [4.69, 9.17) is 4.74 Å². The predicted molar refractivity (Wildman–Crippen MR) is 98.6 cm³/mol. The van der Waals surface area contributed by atoms with Crippen LogP contribution in [0.4, 0.5) is 13.6 Å². The minimum Gasteiger partial charge on any atom is -0.447 e. The van der Waals surface area contributed by atoms with Gasteiger partial charge >= 0.3 is 6.09 Å². The maximum atomic E-state index is 13.9. The molecule has 2 aliphatic rings. The molecule has 1 atom stereocenters. The van der Waals surface area contributed by atoms with Crippen molar-refractivity contribution in [1.82, 2.24) is 10.2 Å². The molecule has 0 spiro atoms. The Labute approximate surface area is 161 Å². The largest absolute Gasteiger partial charge is 0.447 e. The van der Waals surface area contributed by atoms with Crippen LogP contribution in [0, 0.1) is 11.6 Å². The zero-order valence-corrected chi connectivity index (χ0v) is 15.2. The van der Waals surface area contributed by atoms with Gasteiger partial charge in [-0.3, -0.25) is 4.79 Å². The van der Waals surface area contributed by atoms with Crippen LogP contribution in [0.5, 0.6) is 0 Å². The number of hydrogen-bond acceptors (Lipinski definition) is 3. The van der Waals surface area contributed by atoms with Gasteiger partial charge in [-0.2, -0.15) is 0 Å². The van der Waals surface area contributed by atoms with E-state index in [2.05, 4.69) is 5.32 Å². The molecule has 0 saturated carbocycles. The Morgan fingerprint density at radius 1 is 1.14 bits per heavy atom. The minimum atomic E-state index is -0.597. The van der Waals surface area contributed by atoms with E-state index in [0.717, 1.165) is 11.6 Å². The molecule has 0 aliphatic carbocycles. The minimum absolute atomic E-state index is 0.0717. The number of nitrogens with zero attached hydrogens (tertiary/aromatic N) is 1. The lowest BCUT2D eigenvalue weighted by Gasteiger charge is -2.40. The maximum Gasteiger partial charge on any atom is 0.407 e. The highest BCUT2D eigenvalue weighted by molar-refractivity contribution is 5.77. The summed E-state index contributed by atoms with van der Waals surface area (Å²) in [5.41, 5.74) is 2.14. The molecule has 7 heteroatoms. The normalized spacial score (nSPS) is 19.1. The fraction of sp³-hybridized carbons (Fsp3) is 0.333. The number of amides is 2. The third-order valence-corrected chi connectivity index (χ3v) is 5.30. The summed E-state index contributed by atoms with van der Waals surface area (Å²) in [6, 6.07) is 10.9. The van der Waals surface area contributed by atoms with Crippen LogP contribution < -0.4 is 5.32 Å². The highest BCUT2D eigenvalue weighted by atomic mass is 19.1. The number of alkyl carbamates (subject to hydrolysis) is 1. The second-order valence-electron chi connectivity index (χ2n) is 7.22. The smallest absolute Gasteiger partial charge is 0.407 e. The third kappa shape index (κ3) is 3.83. The first kappa shape index (κ1) is 18.4. The number of benzene rings is 2. The van der Waals surface area contributed by atoms with E-state index >= 15 is 0 Å². The number of ether oxygens (including phenoxy) is 1. The molecule has 28 heavy (non-hydrogen) atoms. The SMILES string of the molecule is O=C1NC(CCC(=O)N2CC(c3ccc(-c4ccc(F)cc4F)cc3)C2)CO1. The van der Waals surface area contributed by atoms with Crippen LogP contribution in [-0.2, 0) is 9.53 Å². The van der Waals surface area contributed by atoms with Gasteiger partial charge in [-0.15, -0.1) is 0 Å². The monoisotopic (exact) mass is 386 g/mol. The van der Waals surface area contributed by atoms with Crippen LogP contribution >= 0.6 is 0 Å². The molecule has 2 aliphatic heterocycles. The van der Waals surface area contributed by atoms with E-state index < -0.39 is 17.7 Å².